The van der Waals surface area contributed by atoms with Gasteiger partial charge in [-0.05, 0) is 12.1 Å². The van der Waals surface area contributed by atoms with E-state index in [0.29, 0.717) is 23.5 Å². The van der Waals surface area contributed by atoms with Crippen LogP contribution in [-0.2, 0) is 0 Å². The van der Waals surface area contributed by atoms with Crippen LogP contribution in [0.1, 0.15) is 10.6 Å². The van der Waals surface area contributed by atoms with Crippen molar-refractivity contribution in [1.82, 2.24) is 9.97 Å². The number of aromatic nitrogens is 2. The smallest absolute Gasteiger partial charge is 0.319 e. The fourth-order valence-corrected chi connectivity index (χ4v) is 1.33. The lowest BCUT2D eigenvalue weighted by Crippen LogP contribution is -1.97. The molecule has 0 aliphatic rings. The first-order valence-electron chi connectivity index (χ1n) is 4.79. The van der Waals surface area contributed by atoms with E-state index in [1.54, 1.807) is 12.1 Å². The van der Waals surface area contributed by atoms with Gasteiger partial charge >= 0.3 is 6.01 Å². The van der Waals surface area contributed by atoms with Crippen molar-refractivity contribution in [3.8, 4) is 23.2 Å². The molecule has 0 aliphatic heterocycles. The van der Waals surface area contributed by atoms with E-state index >= 15 is 0 Å². The van der Waals surface area contributed by atoms with Gasteiger partial charge in [-0.25, -0.2) is 4.98 Å². The second kappa shape index (κ2) is 4.65. The summed E-state index contributed by atoms with van der Waals surface area (Å²) in [5.41, 5.74) is 0.557. The van der Waals surface area contributed by atoms with Crippen molar-refractivity contribution in [2.24, 2.45) is 0 Å². The van der Waals surface area contributed by atoms with E-state index < -0.39 is 0 Å². The first-order valence-corrected chi connectivity index (χ1v) is 4.79. The largest absolute Gasteiger partial charge is 0.480 e. The molecule has 0 aromatic carbocycles. The number of nitrogens with zero attached hydrogens (tertiary/aromatic N) is 2. The summed E-state index contributed by atoms with van der Waals surface area (Å²) in [7, 11) is 2.95. The minimum atomic E-state index is 0.202. The van der Waals surface area contributed by atoms with Gasteiger partial charge in [-0.1, -0.05) is 0 Å². The summed E-state index contributed by atoms with van der Waals surface area (Å²) in [4.78, 5) is 18.5. The molecular weight excluding hydrogens is 224 g/mol. The Morgan fingerprint density at radius 1 is 1.29 bits per heavy atom. The van der Waals surface area contributed by atoms with E-state index in [-0.39, 0.29) is 11.8 Å². The standard InChI is InChI=1S/C11H10N2O4/c1-15-10-8(5-12-11(13-10)16-2)9-4-3-7(6-14)17-9/h3-6H,1-2H3. The van der Waals surface area contributed by atoms with Crippen molar-refractivity contribution in [3.63, 3.8) is 0 Å². The Labute approximate surface area is 97.2 Å². The lowest BCUT2D eigenvalue weighted by atomic mass is 10.2. The summed E-state index contributed by atoms with van der Waals surface area (Å²) in [6.07, 6.45) is 2.14. The number of aldehydes is 1. The minimum Gasteiger partial charge on any atom is -0.480 e. The zero-order chi connectivity index (χ0) is 12.3. The molecule has 0 aliphatic carbocycles. The van der Waals surface area contributed by atoms with Gasteiger partial charge in [-0.2, -0.15) is 4.98 Å². The van der Waals surface area contributed by atoms with Crippen molar-refractivity contribution in [1.29, 1.82) is 0 Å². The van der Waals surface area contributed by atoms with Gasteiger partial charge in [0.15, 0.2) is 12.0 Å². The van der Waals surface area contributed by atoms with Gasteiger partial charge < -0.3 is 13.9 Å². The Balaban J connectivity index is 2.46. The molecule has 0 saturated carbocycles. The Morgan fingerprint density at radius 2 is 2.12 bits per heavy atom. The van der Waals surface area contributed by atoms with Gasteiger partial charge in [0.2, 0.25) is 5.88 Å². The second-order valence-corrected chi connectivity index (χ2v) is 3.10. The molecule has 0 radical (unpaired) electrons. The normalized spacial score (nSPS) is 10.0. The molecule has 2 rings (SSSR count). The van der Waals surface area contributed by atoms with Gasteiger partial charge in [0, 0.05) is 6.20 Å². The second-order valence-electron chi connectivity index (χ2n) is 3.10. The average molecular weight is 234 g/mol. The highest BCUT2D eigenvalue weighted by Crippen LogP contribution is 2.29. The van der Waals surface area contributed by atoms with E-state index in [9.17, 15) is 4.79 Å². The zero-order valence-corrected chi connectivity index (χ0v) is 9.34. The molecule has 17 heavy (non-hydrogen) atoms. The highest BCUT2D eigenvalue weighted by molar-refractivity contribution is 5.73. The highest BCUT2D eigenvalue weighted by atomic mass is 16.5. The van der Waals surface area contributed by atoms with Gasteiger partial charge in [-0.15, -0.1) is 0 Å². The topological polar surface area (TPSA) is 74.5 Å². The summed E-state index contributed by atoms with van der Waals surface area (Å²) in [5.74, 6) is 1.02. The van der Waals surface area contributed by atoms with Crippen LogP contribution in [0.2, 0.25) is 0 Å². The van der Waals surface area contributed by atoms with Crippen LogP contribution >= 0.6 is 0 Å². The summed E-state index contributed by atoms with van der Waals surface area (Å²) < 4.78 is 15.3. The van der Waals surface area contributed by atoms with E-state index in [0.717, 1.165) is 0 Å². The van der Waals surface area contributed by atoms with Crippen molar-refractivity contribution in [2.75, 3.05) is 14.2 Å². The molecule has 0 N–H and O–H groups in total. The molecule has 2 aromatic rings. The molecule has 88 valence electrons. The Morgan fingerprint density at radius 3 is 2.71 bits per heavy atom. The molecule has 0 bridgehead atoms. The molecular formula is C11H10N2O4. The summed E-state index contributed by atoms with van der Waals surface area (Å²) in [6.45, 7) is 0. The molecule has 0 spiro atoms. The van der Waals surface area contributed by atoms with Crippen LogP contribution in [0.25, 0.3) is 11.3 Å². The van der Waals surface area contributed by atoms with Crippen LogP contribution < -0.4 is 9.47 Å². The molecule has 0 saturated heterocycles. The fourth-order valence-electron chi connectivity index (χ4n) is 1.33. The predicted molar refractivity (Wildman–Crippen MR) is 58.2 cm³/mol. The first kappa shape index (κ1) is 11.1. The maximum absolute atomic E-state index is 10.5. The monoisotopic (exact) mass is 234 g/mol. The number of carbonyl (C=O) groups excluding carboxylic acids is 1. The van der Waals surface area contributed by atoms with Crippen molar-refractivity contribution >= 4 is 6.29 Å². The first-order chi connectivity index (χ1) is 8.28. The lowest BCUT2D eigenvalue weighted by molar-refractivity contribution is 0.110. The number of hydrogen-bond donors (Lipinski definition) is 0. The Kier molecular flexibility index (Phi) is 3.04. The summed E-state index contributed by atoms with van der Waals surface area (Å²) >= 11 is 0. The molecule has 2 aromatic heterocycles. The van der Waals surface area contributed by atoms with Crippen LogP contribution in [-0.4, -0.2) is 30.5 Å². The molecule has 0 atom stereocenters. The van der Waals surface area contributed by atoms with Crippen molar-refractivity contribution < 1.29 is 18.7 Å². The number of ether oxygens (including phenoxy) is 2. The van der Waals surface area contributed by atoms with E-state index in [1.807, 2.05) is 0 Å². The highest BCUT2D eigenvalue weighted by Gasteiger charge is 2.13. The maximum Gasteiger partial charge on any atom is 0.319 e. The molecule has 0 amide bonds. The molecule has 0 unspecified atom stereocenters. The maximum atomic E-state index is 10.5. The summed E-state index contributed by atoms with van der Waals surface area (Å²) in [5, 5.41) is 0. The van der Waals surface area contributed by atoms with Crippen LogP contribution in [0, 0.1) is 0 Å². The van der Waals surface area contributed by atoms with Crippen LogP contribution in [0.15, 0.2) is 22.7 Å². The fraction of sp³-hybridized carbons (Fsp3) is 0.182. The third-order valence-corrected chi connectivity index (χ3v) is 2.12. The third-order valence-electron chi connectivity index (χ3n) is 2.12. The predicted octanol–water partition coefficient (Wildman–Crippen LogP) is 1.57. The molecule has 2 heterocycles. The molecule has 0 fully saturated rings. The van der Waals surface area contributed by atoms with E-state index in [4.69, 9.17) is 13.9 Å². The van der Waals surface area contributed by atoms with Gasteiger partial charge in [-0.3, -0.25) is 4.79 Å². The minimum absolute atomic E-state index is 0.202. The number of furan rings is 1. The SMILES string of the molecule is COc1ncc(-c2ccc(C=O)o2)c(OC)n1. The Hall–Kier alpha value is -2.37. The summed E-state index contributed by atoms with van der Waals surface area (Å²) in [6, 6.07) is 3.41. The van der Waals surface area contributed by atoms with E-state index in [1.165, 1.54) is 20.4 Å². The number of methoxy groups -OCH3 is 2. The molecule has 6 heteroatoms. The van der Waals surface area contributed by atoms with Crippen LogP contribution in [0.3, 0.4) is 0 Å². The van der Waals surface area contributed by atoms with Crippen molar-refractivity contribution in [3.05, 3.63) is 24.1 Å². The Bertz CT molecular complexity index is 536. The van der Waals surface area contributed by atoms with Gasteiger partial charge in [0.1, 0.15) is 5.76 Å². The van der Waals surface area contributed by atoms with Crippen LogP contribution in [0.5, 0.6) is 11.9 Å². The number of carbonyl (C=O) groups is 1. The quantitative estimate of drug-likeness (QED) is 0.747. The number of hydrogen-bond acceptors (Lipinski definition) is 6. The van der Waals surface area contributed by atoms with Gasteiger partial charge in [0.05, 0.1) is 19.8 Å². The third kappa shape index (κ3) is 2.10. The molecule has 6 nitrogen and oxygen atoms in total. The van der Waals surface area contributed by atoms with Gasteiger partial charge in [0.25, 0.3) is 0 Å². The van der Waals surface area contributed by atoms with Crippen LogP contribution in [0.4, 0.5) is 0 Å². The van der Waals surface area contributed by atoms with E-state index in [2.05, 4.69) is 9.97 Å². The average Bonchev–Trinajstić information content (AvgIpc) is 2.86. The number of rotatable bonds is 4. The lowest BCUT2D eigenvalue weighted by Gasteiger charge is -2.05. The van der Waals surface area contributed by atoms with Crippen molar-refractivity contribution in [2.45, 2.75) is 0 Å². The zero-order valence-electron chi connectivity index (χ0n) is 9.34.